The van der Waals surface area contributed by atoms with Crippen molar-refractivity contribution >= 4 is 17.7 Å². The van der Waals surface area contributed by atoms with Gasteiger partial charge in [0.2, 0.25) is 5.91 Å². The zero-order valence-electron chi connectivity index (χ0n) is 14.3. The van der Waals surface area contributed by atoms with E-state index in [9.17, 15) is 14.4 Å². The van der Waals surface area contributed by atoms with Gasteiger partial charge in [-0.3, -0.25) is 19.3 Å². The van der Waals surface area contributed by atoms with Crippen LogP contribution in [0.4, 0.5) is 0 Å². The molecule has 0 aromatic heterocycles. The summed E-state index contributed by atoms with van der Waals surface area (Å²) >= 11 is 0. The summed E-state index contributed by atoms with van der Waals surface area (Å²) in [5.41, 5.74) is 0.951. The smallest absolute Gasteiger partial charge is 0.262 e. The number of carbonyl (C=O) groups excluding carboxylic acids is 3. The van der Waals surface area contributed by atoms with Gasteiger partial charge in [0.1, 0.15) is 6.54 Å². The fourth-order valence-electron chi connectivity index (χ4n) is 4.42. The molecule has 3 heterocycles. The first-order valence-corrected chi connectivity index (χ1v) is 9.03. The Bertz CT molecular complexity index is 684. The van der Waals surface area contributed by atoms with Crippen molar-refractivity contribution in [3.63, 3.8) is 0 Å². The molecule has 0 bridgehead atoms. The molecule has 1 spiro atoms. The molecule has 1 aromatic rings. The molecule has 2 fully saturated rings. The lowest BCUT2D eigenvalue weighted by Crippen LogP contribution is -2.54. The number of amides is 3. The van der Waals surface area contributed by atoms with Crippen molar-refractivity contribution in [2.45, 2.75) is 25.7 Å². The van der Waals surface area contributed by atoms with Crippen LogP contribution in [-0.4, -0.2) is 60.2 Å². The number of hydrogen-bond donors (Lipinski definition) is 1. The molecule has 132 valence electrons. The average Bonchev–Trinajstić information content (AvgIpc) is 2.88. The maximum atomic E-state index is 12.8. The Balaban J connectivity index is 1.46. The lowest BCUT2D eigenvalue weighted by atomic mass is 9.74. The number of rotatable bonds is 2. The van der Waals surface area contributed by atoms with Gasteiger partial charge < -0.3 is 10.2 Å². The second-order valence-electron chi connectivity index (χ2n) is 7.44. The van der Waals surface area contributed by atoms with Crippen molar-refractivity contribution in [2.75, 3.05) is 32.7 Å². The van der Waals surface area contributed by atoms with Gasteiger partial charge in [0.15, 0.2) is 0 Å². The predicted molar refractivity (Wildman–Crippen MR) is 92.2 cm³/mol. The third-order valence-electron chi connectivity index (χ3n) is 5.75. The molecule has 1 unspecified atom stereocenters. The summed E-state index contributed by atoms with van der Waals surface area (Å²) < 4.78 is 0. The minimum absolute atomic E-state index is 0.126. The van der Waals surface area contributed by atoms with Crippen LogP contribution in [0.15, 0.2) is 24.3 Å². The van der Waals surface area contributed by atoms with E-state index in [0.29, 0.717) is 17.7 Å². The fourth-order valence-corrected chi connectivity index (χ4v) is 4.42. The molecule has 4 rings (SSSR count). The minimum atomic E-state index is -0.361. The number of carbonyl (C=O) groups is 3. The quantitative estimate of drug-likeness (QED) is 0.823. The lowest BCUT2D eigenvalue weighted by molar-refractivity contribution is -0.135. The van der Waals surface area contributed by atoms with Crippen molar-refractivity contribution in [3.8, 4) is 0 Å². The number of benzene rings is 1. The van der Waals surface area contributed by atoms with Crippen LogP contribution in [0.25, 0.3) is 0 Å². The monoisotopic (exact) mass is 341 g/mol. The van der Waals surface area contributed by atoms with Gasteiger partial charge in [0, 0.05) is 25.0 Å². The van der Waals surface area contributed by atoms with E-state index >= 15 is 0 Å². The van der Waals surface area contributed by atoms with E-state index in [0.717, 1.165) is 50.2 Å². The Morgan fingerprint density at radius 3 is 2.40 bits per heavy atom. The molecular formula is C19H23N3O3. The van der Waals surface area contributed by atoms with Crippen LogP contribution >= 0.6 is 0 Å². The van der Waals surface area contributed by atoms with E-state index in [2.05, 4.69) is 5.32 Å². The van der Waals surface area contributed by atoms with Gasteiger partial charge in [-0.05, 0) is 44.4 Å². The molecule has 0 saturated carbocycles. The number of imide groups is 1. The maximum absolute atomic E-state index is 12.8. The van der Waals surface area contributed by atoms with Crippen molar-refractivity contribution in [1.29, 1.82) is 0 Å². The van der Waals surface area contributed by atoms with E-state index in [4.69, 9.17) is 0 Å². The van der Waals surface area contributed by atoms with E-state index < -0.39 is 0 Å². The average molecular weight is 341 g/mol. The lowest BCUT2D eigenvalue weighted by Gasteiger charge is -2.45. The normalized spacial score (nSPS) is 26.2. The number of nitrogens with one attached hydrogen (secondary N) is 1. The van der Waals surface area contributed by atoms with E-state index in [-0.39, 0.29) is 29.7 Å². The Morgan fingerprint density at radius 1 is 1.08 bits per heavy atom. The van der Waals surface area contributed by atoms with E-state index in [1.165, 1.54) is 0 Å². The summed E-state index contributed by atoms with van der Waals surface area (Å²) in [7, 11) is 0. The summed E-state index contributed by atoms with van der Waals surface area (Å²) in [5.74, 6) is -0.848. The highest BCUT2D eigenvalue weighted by molar-refractivity contribution is 6.22. The molecule has 3 aliphatic rings. The molecule has 2 saturated heterocycles. The molecule has 0 radical (unpaired) electrons. The van der Waals surface area contributed by atoms with Crippen LogP contribution in [-0.2, 0) is 4.79 Å². The van der Waals surface area contributed by atoms with Crippen LogP contribution in [0.5, 0.6) is 0 Å². The van der Waals surface area contributed by atoms with Crippen LogP contribution in [0.3, 0.4) is 0 Å². The van der Waals surface area contributed by atoms with Crippen LogP contribution in [0.1, 0.15) is 46.4 Å². The molecule has 0 aliphatic carbocycles. The van der Waals surface area contributed by atoms with Crippen LogP contribution in [0, 0.1) is 5.41 Å². The molecule has 1 aromatic carbocycles. The van der Waals surface area contributed by atoms with Crippen molar-refractivity contribution in [1.82, 2.24) is 15.1 Å². The van der Waals surface area contributed by atoms with Gasteiger partial charge in [0.05, 0.1) is 11.1 Å². The molecule has 1 atom stereocenters. The summed E-state index contributed by atoms with van der Waals surface area (Å²) in [5, 5.41) is 3.45. The largest absolute Gasteiger partial charge is 0.341 e. The fraction of sp³-hybridized carbons (Fsp3) is 0.526. The zero-order valence-corrected chi connectivity index (χ0v) is 14.3. The Kier molecular flexibility index (Phi) is 4.07. The van der Waals surface area contributed by atoms with Gasteiger partial charge in [-0.1, -0.05) is 12.1 Å². The maximum Gasteiger partial charge on any atom is 0.262 e. The summed E-state index contributed by atoms with van der Waals surface area (Å²) in [6.45, 7) is 3.27. The molecule has 1 N–H and O–H groups in total. The third-order valence-corrected chi connectivity index (χ3v) is 5.75. The minimum Gasteiger partial charge on any atom is -0.341 e. The number of nitrogens with zero attached hydrogens (tertiary/aromatic N) is 2. The van der Waals surface area contributed by atoms with Crippen molar-refractivity contribution in [2.24, 2.45) is 5.41 Å². The molecule has 25 heavy (non-hydrogen) atoms. The molecule has 6 heteroatoms. The highest BCUT2D eigenvalue weighted by Gasteiger charge is 2.41. The van der Waals surface area contributed by atoms with E-state index in [1.807, 2.05) is 4.90 Å². The Hall–Kier alpha value is -2.21. The molecule has 3 aliphatic heterocycles. The first-order chi connectivity index (χ1) is 12.1. The number of fused-ring (bicyclic) bond motifs is 1. The Labute approximate surface area is 147 Å². The molecule has 3 amide bonds. The third kappa shape index (κ3) is 2.84. The SMILES string of the molecule is O=C(CN1C(=O)c2ccccc2C1=O)N1CCCC2(CCCNC2)C1. The van der Waals surface area contributed by atoms with Crippen LogP contribution in [0.2, 0.25) is 0 Å². The first kappa shape index (κ1) is 16.3. The van der Waals surface area contributed by atoms with Crippen molar-refractivity contribution in [3.05, 3.63) is 35.4 Å². The van der Waals surface area contributed by atoms with Gasteiger partial charge in [-0.15, -0.1) is 0 Å². The first-order valence-electron chi connectivity index (χ1n) is 9.03. The molecular weight excluding hydrogens is 318 g/mol. The Morgan fingerprint density at radius 2 is 1.76 bits per heavy atom. The van der Waals surface area contributed by atoms with Gasteiger partial charge >= 0.3 is 0 Å². The van der Waals surface area contributed by atoms with Gasteiger partial charge in [-0.25, -0.2) is 0 Å². The van der Waals surface area contributed by atoms with Crippen LogP contribution < -0.4 is 5.32 Å². The van der Waals surface area contributed by atoms with Gasteiger partial charge in [0.25, 0.3) is 11.8 Å². The van der Waals surface area contributed by atoms with Crippen molar-refractivity contribution < 1.29 is 14.4 Å². The molecule has 6 nitrogen and oxygen atoms in total. The standard InChI is InChI=1S/C19H23N3O3/c23-16(21-10-4-8-19(13-21)7-3-9-20-12-19)11-22-17(24)14-5-1-2-6-15(14)18(22)25/h1-2,5-6,20H,3-4,7-13H2. The zero-order chi connectivity index (χ0) is 17.4. The van der Waals surface area contributed by atoms with E-state index in [1.54, 1.807) is 24.3 Å². The summed E-state index contributed by atoms with van der Waals surface area (Å²) in [6.07, 6.45) is 4.39. The predicted octanol–water partition coefficient (Wildman–Crippen LogP) is 1.27. The van der Waals surface area contributed by atoms with Gasteiger partial charge in [-0.2, -0.15) is 0 Å². The summed E-state index contributed by atoms with van der Waals surface area (Å²) in [6, 6.07) is 6.76. The topological polar surface area (TPSA) is 69.7 Å². The second-order valence-corrected chi connectivity index (χ2v) is 7.44. The highest BCUT2D eigenvalue weighted by atomic mass is 16.2. The number of hydrogen-bond acceptors (Lipinski definition) is 4. The highest BCUT2D eigenvalue weighted by Crippen LogP contribution is 2.36. The second kappa shape index (κ2) is 6.26. The summed E-state index contributed by atoms with van der Waals surface area (Å²) in [4.78, 5) is 40.6. The number of likely N-dealkylation sites (tertiary alicyclic amines) is 1. The number of piperidine rings is 2.